The Morgan fingerprint density at radius 1 is 1.36 bits per heavy atom. The molecule has 0 amide bonds. The van der Waals surface area contributed by atoms with Crippen LogP contribution in [0.1, 0.15) is 37.6 Å². The summed E-state index contributed by atoms with van der Waals surface area (Å²) in [6, 6.07) is 0. The van der Waals surface area contributed by atoms with Crippen LogP contribution in [0.4, 0.5) is 0 Å². The lowest BCUT2D eigenvalue weighted by Gasteiger charge is -2.33. The van der Waals surface area contributed by atoms with Gasteiger partial charge < -0.3 is 24.8 Å². The fourth-order valence-electron chi connectivity index (χ4n) is 3.24. The van der Waals surface area contributed by atoms with Gasteiger partial charge in [0.2, 0.25) is 0 Å². The number of hydrogen-bond acceptors (Lipinski definition) is 6. The number of likely N-dealkylation sites (N-methyl/N-ethyl adjacent to an activating group) is 1. The average molecular weight is 411 g/mol. The smallest absolute Gasteiger partial charge is 0.194 e. The van der Waals surface area contributed by atoms with Gasteiger partial charge in [0.15, 0.2) is 5.96 Å². The summed E-state index contributed by atoms with van der Waals surface area (Å²) in [6.07, 6.45) is 0.0429. The van der Waals surface area contributed by atoms with E-state index in [-0.39, 0.29) is 6.10 Å². The second kappa shape index (κ2) is 11.7. The molecule has 1 fully saturated rings. The topological polar surface area (TPSA) is 56.2 Å². The van der Waals surface area contributed by atoms with Crippen molar-refractivity contribution in [1.82, 2.24) is 25.0 Å². The van der Waals surface area contributed by atoms with Crippen LogP contribution in [-0.2, 0) is 11.3 Å². The van der Waals surface area contributed by atoms with E-state index in [9.17, 15) is 0 Å². The van der Waals surface area contributed by atoms with Gasteiger partial charge in [-0.05, 0) is 26.8 Å². The molecule has 0 spiro atoms. The predicted molar refractivity (Wildman–Crippen MR) is 118 cm³/mol. The third-order valence-electron chi connectivity index (χ3n) is 5.08. The van der Waals surface area contributed by atoms with E-state index in [0.717, 1.165) is 55.9 Å². The van der Waals surface area contributed by atoms with Gasteiger partial charge in [0.25, 0.3) is 0 Å². The van der Waals surface area contributed by atoms with Gasteiger partial charge in [-0.3, -0.25) is 4.99 Å². The molecule has 2 unspecified atom stereocenters. The van der Waals surface area contributed by atoms with E-state index in [1.807, 2.05) is 6.92 Å². The van der Waals surface area contributed by atoms with Crippen molar-refractivity contribution in [3.63, 3.8) is 0 Å². The molecule has 28 heavy (non-hydrogen) atoms. The molecule has 1 N–H and O–H groups in total. The molecule has 1 aromatic heterocycles. The summed E-state index contributed by atoms with van der Waals surface area (Å²) in [4.78, 5) is 16.7. The maximum atomic E-state index is 5.37. The lowest BCUT2D eigenvalue weighted by molar-refractivity contribution is 0.119. The number of methoxy groups -OCH3 is 1. The molecular formula is C20H38N6OS. The molecule has 8 heteroatoms. The first-order valence-electron chi connectivity index (χ1n) is 10.3. The van der Waals surface area contributed by atoms with Crippen LogP contribution in [0.2, 0.25) is 0 Å². The predicted octanol–water partition coefficient (Wildman–Crippen LogP) is 2.13. The second-order valence-corrected chi connectivity index (χ2v) is 8.70. The van der Waals surface area contributed by atoms with Gasteiger partial charge in [-0.25, -0.2) is 4.98 Å². The van der Waals surface area contributed by atoms with Crippen LogP contribution in [0.25, 0.3) is 0 Å². The van der Waals surface area contributed by atoms with Gasteiger partial charge in [0, 0.05) is 65.4 Å². The normalized spacial score (nSPS) is 18.9. The van der Waals surface area contributed by atoms with E-state index in [0.29, 0.717) is 5.92 Å². The fourth-order valence-corrected chi connectivity index (χ4v) is 4.08. The van der Waals surface area contributed by atoms with Crippen molar-refractivity contribution in [2.75, 3.05) is 67.0 Å². The number of thiazole rings is 1. The zero-order chi connectivity index (χ0) is 20.5. The molecule has 0 bridgehead atoms. The number of guanidine groups is 1. The minimum Gasteiger partial charge on any atom is -0.375 e. The summed E-state index contributed by atoms with van der Waals surface area (Å²) in [7, 11) is 5.99. The summed E-state index contributed by atoms with van der Waals surface area (Å²) >= 11 is 1.66. The molecule has 2 rings (SSSR count). The lowest BCUT2D eigenvalue weighted by Crippen LogP contribution is -2.46. The number of ether oxygens (including phenoxy) is 1. The minimum absolute atomic E-state index is 0.0429. The number of aromatic nitrogens is 1. The summed E-state index contributed by atoms with van der Waals surface area (Å²) in [5, 5.41) is 6.55. The Hall–Kier alpha value is -1.22. The number of aliphatic imine (C=N–C) groups is 1. The van der Waals surface area contributed by atoms with E-state index in [4.69, 9.17) is 14.7 Å². The van der Waals surface area contributed by atoms with Gasteiger partial charge in [-0.15, -0.1) is 11.3 Å². The number of nitrogens with zero attached hydrogens (tertiary/aromatic N) is 5. The summed E-state index contributed by atoms with van der Waals surface area (Å²) in [5.74, 6) is 1.49. The maximum Gasteiger partial charge on any atom is 0.194 e. The van der Waals surface area contributed by atoms with Crippen molar-refractivity contribution in [1.29, 1.82) is 0 Å². The molecule has 2 heterocycles. The van der Waals surface area contributed by atoms with E-state index in [1.165, 1.54) is 13.1 Å². The molecule has 7 nitrogen and oxygen atoms in total. The van der Waals surface area contributed by atoms with Gasteiger partial charge in [-0.2, -0.15) is 0 Å². The van der Waals surface area contributed by atoms with Crippen molar-refractivity contribution in [3.05, 3.63) is 16.1 Å². The van der Waals surface area contributed by atoms with E-state index in [2.05, 4.69) is 53.3 Å². The van der Waals surface area contributed by atoms with Gasteiger partial charge in [-0.1, -0.05) is 6.92 Å². The summed E-state index contributed by atoms with van der Waals surface area (Å²) < 4.78 is 5.37. The molecule has 0 aliphatic carbocycles. The van der Waals surface area contributed by atoms with Crippen LogP contribution in [0.15, 0.2) is 10.4 Å². The van der Waals surface area contributed by atoms with Crippen LogP contribution in [0, 0.1) is 5.92 Å². The van der Waals surface area contributed by atoms with Crippen LogP contribution >= 0.6 is 11.3 Å². The molecule has 0 aromatic carbocycles. The first-order chi connectivity index (χ1) is 13.4. The highest BCUT2D eigenvalue weighted by Gasteiger charge is 2.17. The monoisotopic (exact) mass is 410 g/mol. The van der Waals surface area contributed by atoms with E-state index in [1.54, 1.807) is 18.4 Å². The molecule has 1 saturated heterocycles. The van der Waals surface area contributed by atoms with Crippen LogP contribution in [-0.4, -0.2) is 92.7 Å². The van der Waals surface area contributed by atoms with Crippen LogP contribution in [0.3, 0.4) is 0 Å². The molecule has 0 radical (unpaired) electrons. The van der Waals surface area contributed by atoms with Crippen molar-refractivity contribution in [3.8, 4) is 0 Å². The largest absolute Gasteiger partial charge is 0.375 e. The Bertz CT molecular complexity index is 599. The molecule has 0 saturated carbocycles. The summed E-state index contributed by atoms with van der Waals surface area (Å²) in [6.45, 7) is 14.6. The number of hydrogen-bond donors (Lipinski definition) is 1. The maximum absolute atomic E-state index is 5.37. The first kappa shape index (κ1) is 23.1. The Labute approximate surface area is 174 Å². The van der Waals surface area contributed by atoms with Crippen molar-refractivity contribution >= 4 is 17.3 Å². The number of rotatable bonds is 9. The van der Waals surface area contributed by atoms with Gasteiger partial charge in [0.05, 0.1) is 12.2 Å². The highest BCUT2D eigenvalue weighted by atomic mass is 32.1. The highest BCUT2D eigenvalue weighted by Crippen LogP contribution is 2.21. The minimum atomic E-state index is 0.0429. The fraction of sp³-hybridized carbons (Fsp3) is 0.800. The standard InChI is InChI=1S/C20H38N6OS/c1-7-21-20(22-12-16(2)13-26-10-8-24(4)9-11-26)25(5)14-18-15-28-19(23-18)17(3)27-6/h15-17H,7-14H2,1-6H3,(H,21,22). The number of nitrogens with one attached hydrogen (secondary N) is 1. The average Bonchev–Trinajstić information content (AvgIpc) is 3.14. The Kier molecular flexibility index (Phi) is 9.64. The molecule has 2 atom stereocenters. The van der Waals surface area contributed by atoms with Crippen molar-refractivity contribution in [2.45, 2.75) is 33.4 Å². The van der Waals surface area contributed by atoms with Crippen molar-refractivity contribution in [2.24, 2.45) is 10.9 Å². The van der Waals surface area contributed by atoms with Crippen LogP contribution < -0.4 is 5.32 Å². The highest BCUT2D eigenvalue weighted by molar-refractivity contribution is 7.09. The Balaban J connectivity index is 1.88. The zero-order valence-corrected chi connectivity index (χ0v) is 19.3. The third kappa shape index (κ3) is 7.31. The van der Waals surface area contributed by atoms with E-state index < -0.39 is 0 Å². The molecule has 1 aliphatic heterocycles. The van der Waals surface area contributed by atoms with Gasteiger partial charge in [0.1, 0.15) is 11.1 Å². The molecule has 1 aliphatic rings. The molecule has 160 valence electrons. The molecular weight excluding hydrogens is 372 g/mol. The summed E-state index contributed by atoms with van der Waals surface area (Å²) in [5.41, 5.74) is 1.06. The lowest BCUT2D eigenvalue weighted by atomic mass is 10.1. The second-order valence-electron chi connectivity index (χ2n) is 7.81. The zero-order valence-electron chi connectivity index (χ0n) is 18.4. The molecule has 1 aromatic rings. The van der Waals surface area contributed by atoms with E-state index >= 15 is 0 Å². The number of piperazine rings is 1. The quantitative estimate of drug-likeness (QED) is 0.497. The van der Waals surface area contributed by atoms with Crippen LogP contribution in [0.5, 0.6) is 0 Å². The first-order valence-corrected chi connectivity index (χ1v) is 11.2. The SMILES string of the molecule is CCNC(=NCC(C)CN1CCN(C)CC1)N(C)Cc1csc(C(C)OC)n1. The Morgan fingerprint density at radius 3 is 2.71 bits per heavy atom. The van der Waals surface area contributed by atoms with Gasteiger partial charge >= 0.3 is 0 Å². The van der Waals surface area contributed by atoms with Crippen molar-refractivity contribution < 1.29 is 4.74 Å². The Morgan fingerprint density at radius 2 is 2.07 bits per heavy atom. The third-order valence-corrected chi connectivity index (χ3v) is 6.14.